The van der Waals surface area contributed by atoms with Crippen LogP contribution in [0.4, 0.5) is 4.79 Å². The molecule has 1 rings (SSSR count). The van der Waals surface area contributed by atoms with E-state index in [1.165, 1.54) is 0 Å². The van der Waals surface area contributed by atoms with Crippen molar-refractivity contribution < 1.29 is 14.6 Å². The van der Waals surface area contributed by atoms with Gasteiger partial charge in [-0.1, -0.05) is 0 Å². The molecule has 0 heterocycles. The lowest BCUT2D eigenvalue weighted by molar-refractivity contribution is 0.0483. The predicted octanol–water partition coefficient (Wildman–Crippen LogP) is 1.39. The maximum Gasteiger partial charge on any atom is 0.407 e. The van der Waals surface area contributed by atoms with Gasteiger partial charge in [0, 0.05) is 12.1 Å². The second-order valence-electron chi connectivity index (χ2n) is 6.10. The molecule has 1 amide bonds. The molecule has 0 unspecified atom stereocenters. The van der Waals surface area contributed by atoms with Gasteiger partial charge in [-0.05, 0) is 52.4 Å². The van der Waals surface area contributed by atoms with Crippen LogP contribution in [0.2, 0.25) is 0 Å². The standard InChI is InChI=1S/C13H26N2O3/c1-13(2,3)18-12(17)15-10-6-4-9(5-7-10)11(14)8-16/h9-11,16H,4-8,14H2,1-3H3,(H,15,17)/t9?,10?,11-/m1/s1. The number of carbonyl (C=O) groups excluding carboxylic acids is 1. The Morgan fingerprint density at radius 2 is 1.94 bits per heavy atom. The highest BCUT2D eigenvalue weighted by Gasteiger charge is 2.27. The van der Waals surface area contributed by atoms with Crippen molar-refractivity contribution >= 4 is 6.09 Å². The molecule has 0 bridgehead atoms. The molecule has 0 spiro atoms. The topological polar surface area (TPSA) is 84.6 Å². The van der Waals surface area contributed by atoms with E-state index in [0.717, 1.165) is 25.7 Å². The molecule has 5 nitrogen and oxygen atoms in total. The molecule has 1 fully saturated rings. The molecule has 18 heavy (non-hydrogen) atoms. The number of nitrogens with two attached hydrogens (primary N) is 1. The summed E-state index contributed by atoms with van der Waals surface area (Å²) >= 11 is 0. The van der Waals surface area contributed by atoms with Crippen LogP contribution in [0.1, 0.15) is 46.5 Å². The van der Waals surface area contributed by atoms with Gasteiger partial charge >= 0.3 is 6.09 Å². The first-order chi connectivity index (χ1) is 8.31. The van der Waals surface area contributed by atoms with Crippen molar-refractivity contribution in [1.82, 2.24) is 5.32 Å². The maximum atomic E-state index is 11.6. The number of aliphatic hydroxyl groups excluding tert-OH is 1. The van der Waals surface area contributed by atoms with Gasteiger partial charge in [0.25, 0.3) is 0 Å². The minimum absolute atomic E-state index is 0.0365. The molecule has 106 valence electrons. The van der Waals surface area contributed by atoms with Crippen LogP contribution >= 0.6 is 0 Å². The fourth-order valence-electron chi connectivity index (χ4n) is 2.31. The van der Waals surface area contributed by atoms with Crippen molar-refractivity contribution in [3.05, 3.63) is 0 Å². The lowest BCUT2D eigenvalue weighted by Crippen LogP contribution is -2.43. The number of ether oxygens (including phenoxy) is 1. The van der Waals surface area contributed by atoms with Crippen LogP contribution in [-0.4, -0.2) is 35.5 Å². The Labute approximate surface area is 109 Å². The minimum atomic E-state index is -0.458. The molecule has 0 aromatic heterocycles. The third-order valence-corrected chi connectivity index (χ3v) is 3.31. The first-order valence-electron chi connectivity index (χ1n) is 6.68. The molecule has 0 aromatic carbocycles. The van der Waals surface area contributed by atoms with Gasteiger partial charge in [0.1, 0.15) is 5.60 Å². The average Bonchev–Trinajstić information content (AvgIpc) is 2.26. The smallest absolute Gasteiger partial charge is 0.407 e. The van der Waals surface area contributed by atoms with Gasteiger partial charge in [-0.3, -0.25) is 0 Å². The number of aliphatic hydroxyl groups is 1. The molecular formula is C13H26N2O3. The number of hydrogen-bond donors (Lipinski definition) is 3. The predicted molar refractivity (Wildman–Crippen MR) is 70.2 cm³/mol. The average molecular weight is 258 g/mol. The van der Waals surface area contributed by atoms with Crippen LogP contribution in [0, 0.1) is 5.92 Å². The van der Waals surface area contributed by atoms with Gasteiger partial charge < -0.3 is 20.9 Å². The van der Waals surface area contributed by atoms with Crippen molar-refractivity contribution in [2.75, 3.05) is 6.61 Å². The fourth-order valence-corrected chi connectivity index (χ4v) is 2.31. The summed E-state index contributed by atoms with van der Waals surface area (Å²) in [6.07, 6.45) is 3.34. The number of amides is 1. The second-order valence-corrected chi connectivity index (χ2v) is 6.10. The molecule has 1 aliphatic rings. The summed E-state index contributed by atoms with van der Waals surface area (Å²) in [5.41, 5.74) is 5.36. The van der Waals surface area contributed by atoms with Crippen LogP contribution in [-0.2, 0) is 4.74 Å². The van der Waals surface area contributed by atoms with Crippen LogP contribution < -0.4 is 11.1 Å². The molecule has 1 saturated carbocycles. The normalized spacial score (nSPS) is 26.5. The SMILES string of the molecule is CC(C)(C)OC(=O)NC1CCC([C@H](N)CO)CC1. The van der Waals surface area contributed by atoms with E-state index in [9.17, 15) is 4.79 Å². The summed E-state index contributed by atoms with van der Waals surface area (Å²) in [4.78, 5) is 11.6. The number of hydrogen-bond acceptors (Lipinski definition) is 4. The maximum absolute atomic E-state index is 11.6. The first kappa shape index (κ1) is 15.2. The monoisotopic (exact) mass is 258 g/mol. The Hall–Kier alpha value is -0.810. The Morgan fingerprint density at radius 1 is 1.39 bits per heavy atom. The number of alkyl carbamates (subject to hydrolysis) is 1. The van der Waals surface area contributed by atoms with Crippen molar-refractivity contribution in [3.8, 4) is 0 Å². The summed E-state index contributed by atoms with van der Waals surface area (Å²) < 4.78 is 5.22. The summed E-state index contributed by atoms with van der Waals surface area (Å²) in [5, 5.41) is 11.9. The van der Waals surface area contributed by atoms with E-state index < -0.39 is 5.60 Å². The second kappa shape index (κ2) is 6.38. The summed E-state index contributed by atoms with van der Waals surface area (Å²) in [5.74, 6) is 0.367. The quantitative estimate of drug-likeness (QED) is 0.714. The van der Waals surface area contributed by atoms with E-state index in [1.54, 1.807) is 0 Å². The van der Waals surface area contributed by atoms with Gasteiger partial charge in [-0.2, -0.15) is 0 Å². The Kier molecular flexibility index (Phi) is 5.41. The molecule has 5 heteroatoms. The summed E-state index contributed by atoms with van der Waals surface area (Å²) in [6, 6.07) is 0.0365. The third-order valence-electron chi connectivity index (χ3n) is 3.31. The molecule has 0 saturated heterocycles. The van der Waals surface area contributed by atoms with Gasteiger partial charge in [-0.25, -0.2) is 4.79 Å². The Bertz CT molecular complexity index is 268. The Balaban J connectivity index is 2.29. The number of carbonyl (C=O) groups is 1. The lowest BCUT2D eigenvalue weighted by atomic mass is 9.82. The van der Waals surface area contributed by atoms with Crippen LogP contribution in [0.5, 0.6) is 0 Å². The zero-order valence-corrected chi connectivity index (χ0v) is 11.6. The summed E-state index contributed by atoms with van der Waals surface area (Å²) in [6.45, 7) is 5.59. The highest BCUT2D eigenvalue weighted by molar-refractivity contribution is 5.68. The highest BCUT2D eigenvalue weighted by Crippen LogP contribution is 2.26. The number of nitrogens with one attached hydrogen (secondary N) is 1. The van der Waals surface area contributed by atoms with Gasteiger partial charge in [0.05, 0.1) is 6.61 Å². The van der Waals surface area contributed by atoms with Crippen molar-refractivity contribution in [1.29, 1.82) is 0 Å². The molecule has 0 aromatic rings. The third kappa shape index (κ3) is 5.23. The van der Waals surface area contributed by atoms with Crippen molar-refractivity contribution in [2.45, 2.75) is 64.1 Å². The van der Waals surface area contributed by atoms with E-state index in [4.69, 9.17) is 15.6 Å². The van der Waals surface area contributed by atoms with Crippen LogP contribution in [0.3, 0.4) is 0 Å². The van der Waals surface area contributed by atoms with E-state index in [0.29, 0.717) is 5.92 Å². The van der Waals surface area contributed by atoms with Gasteiger partial charge in [-0.15, -0.1) is 0 Å². The largest absolute Gasteiger partial charge is 0.444 e. The molecule has 0 aliphatic heterocycles. The van der Waals surface area contributed by atoms with Crippen molar-refractivity contribution in [2.24, 2.45) is 11.7 Å². The molecule has 1 atom stereocenters. The van der Waals surface area contributed by atoms with Crippen molar-refractivity contribution in [3.63, 3.8) is 0 Å². The Morgan fingerprint density at radius 3 is 2.39 bits per heavy atom. The molecule has 4 N–H and O–H groups in total. The minimum Gasteiger partial charge on any atom is -0.444 e. The molecular weight excluding hydrogens is 232 g/mol. The lowest BCUT2D eigenvalue weighted by Gasteiger charge is -2.32. The van der Waals surface area contributed by atoms with Gasteiger partial charge in [0.2, 0.25) is 0 Å². The van der Waals surface area contributed by atoms with Gasteiger partial charge in [0.15, 0.2) is 0 Å². The molecule has 1 aliphatic carbocycles. The summed E-state index contributed by atoms with van der Waals surface area (Å²) in [7, 11) is 0. The van der Waals surface area contributed by atoms with E-state index in [-0.39, 0.29) is 24.8 Å². The zero-order chi connectivity index (χ0) is 13.8. The van der Waals surface area contributed by atoms with Crippen LogP contribution in [0.25, 0.3) is 0 Å². The van der Waals surface area contributed by atoms with E-state index >= 15 is 0 Å². The zero-order valence-electron chi connectivity index (χ0n) is 11.6. The number of rotatable bonds is 3. The van der Waals surface area contributed by atoms with E-state index in [1.807, 2.05) is 20.8 Å². The fraction of sp³-hybridized carbons (Fsp3) is 0.923. The highest BCUT2D eigenvalue weighted by atomic mass is 16.6. The van der Waals surface area contributed by atoms with E-state index in [2.05, 4.69) is 5.32 Å². The molecule has 0 radical (unpaired) electrons. The van der Waals surface area contributed by atoms with Crippen LogP contribution in [0.15, 0.2) is 0 Å². The first-order valence-corrected chi connectivity index (χ1v) is 6.68.